The zero-order chi connectivity index (χ0) is 22.4. The smallest absolute Gasteiger partial charge is 0.252 e. The molecule has 1 N–H and O–H groups in total. The molecule has 1 saturated heterocycles. The molecule has 31 heavy (non-hydrogen) atoms. The second-order valence-electron chi connectivity index (χ2n) is 7.26. The van der Waals surface area contributed by atoms with Gasteiger partial charge >= 0.3 is 0 Å². The first-order valence-corrected chi connectivity index (χ1v) is 10.3. The second-order valence-corrected chi connectivity index (χ2v) is 7.66. The minimum Gasteiger partial charge on any atom is -0.494 e. The fraction of sp³-hybridized carbons (Fsp3) is 0.364. The third-order valence-electron chi connectivity index (χ3n) is 5.15. The van der Waals surface area contributed by atoms with E-state index in [1.165, 1.54) is 19.2 Å². The number of carbonyl (C=O) groups is 2. The molecule has 2 amide bonds. The van der Waals surface area contributed by atoms with Crippen molar-refractivity contribution < 1.29 is 23.1 Å². The third kappa shape index (κ3) is 6.15. The Labute approximate surface area is 184 Å². The van der Waals surface area contributed by atoms with E-state index < -0.39 is 17.5 Å². The molecule has 0 aromatic heterocycles. The normalized spacial score (nSPS) is 14.4. The van der Waals surface area contributed by atoms with Gasteiger partial charge in [-0.3, -0.25) is 14.5 Å². The van der Waals surface area contributed by atoms with Crippen LogP contribution < -0.4 is 10.1 Å². The van der Waals surface area contributed by atoms with Gasteiger partial charge in [-0.2, -0.15) is 0 Å². The molecule has 166 valence electrons. The largest absolute Gasteiger partial charge is 0.494 e. The van der Waals surface area contributed by atoms with Crippen molar-refractivity contribution in [3.8, 4) is 5.75 Å². The summed E-state index contributed by atoms with van der Waals surface area (Å²) >= 11 is 5.88. The number of nitrogens with one attached hydrogen (secondary N) is 1. The first kappa shape index (κ1) is 23.0. The summed E-state index contributed by atoms with van der Waals surface area (Å²) in [7, 11) is 1.43. The molecule has 2 aromatic rings. The van der Waals surface area contributed by atoms with Crippen LogP contribution in [0.25, 0.3) is 0 Å². The van der Waals surface area contributed by atoms with Gasteiger partial charge < -0.3 is 15.0 Å². The number of methoxy groups -OCH3 is 1. The first-order chi connectivity index (χ1) is 14.9. The molecule has 1 fully saturated rings. The highest BCUT2D eigenvalue weighted by Crippen LogP contribution is 2.19. The van der Waals surface area contributed by atoms with Crippen molar-refractivity contribution in [2.24, 2.45) is 0 Å². The van der Waals surface area contributed by atoms with Crippen molar-refractivity contribution in [1.82, 2.24) is 15.1 Å². The quantitative estimate of drug-likeness (QED) is 0.702. The Hall–Kier alpha value is -2.71. The Morgan fingerprint density at radius 3 is 2.48 bits per heavy atom. The molecule has 0 unspecified atom stereocenters. The van der Waals surface area contributed by atoms with Crippen molar-refractivity contribution in [3.05, 3.63) is 64.2 Å². The van der Waals surface area contributed by atoms with Crippen molar-refractivity contribution in [2.75, 3.05) is 39.8 Å². The molecule has 0 bridgehead atoms. The number of nitrogens with zero attached hydrogens (tertiary/aromatic N) is 2. The van der Waals surface area contributed by atoms with E-state index in [1.54, 1.807) is 11.0 Å². The molecule has 0 saturated carbocycles. The molecule has 6 nitrogen and oxygen atoms in total. The monoisotopic (exact) mass is 451 g/mol. The maximum absolute atomic E-state index is 13.8. The number of benzene rings is 2. The molecule has 1 aliphatic rings. The fourth-order valence-electron chi connectivity index (χ4n) is 3.43. The van der Waals surface area contributed by atoms with Gasteiger partial charge in [0.2, 0.25) is 5.91 Å². The van der Waals surface area contributed by atoms with E-state index in [1.807, 2.05) is 6.07 Å². The van der Waals surface area contributed by atoms with Crippen LogP contribution in [0, 0.1) is 11.6 Å². The highest BCUT2D eigenvalue weighted by atomic mass is 35.5. The van der Waals surface area contributed by atoms with E-state index in [2.05, 4.69) is 10.2 Å². The lowest BCUT2D eigenvalue weighted by Crippen LogP contribution is -2.48. The number of rotatable bonds is 7. The van der Waals surface area contributed by atoms with Gasteiger partial charge in [0.25, 0.3) is 5.91 Å². The number of ether oxygens (including phenoxy) is 1. The van der Waals surface area contributed by atoms with Crippen molar-refractivity contribution >= 4 is 23.4 Å². The van der Waals surface area contributed by atoms with Crippen LogP contribution in [0.15, 0.2) is 36.4 Å². The maximum atomic E-state index is 13.8. The van der Waals surface area contributed by atoms with E-state index in [-0.39, 0.29) is 35.2 Å². The predicted molar refractivity (Wildman–Crippen MR) is 113 cm³/mol. The van der Waals surface area contributed by atoms with Crippen molar-refractivity contribution in [3.63, 3.8) is 0 Å². The number of piperazine rings is 1. The van der Waals surface area contributed by atoms with Crippen LogP contribution >= 0.6 is 11.6 Å². The topological polar surface area (TPSA) is 61.9 Å². The highest BCUT2D eigenvalue weighted by Gasteiger charge is 2.21. The minimum absolute atomic E-state index is 0.0247. The molecule has 2 aromatic carbocycles. The van der Waals surface area contributed by atoms with Crippen LogP contribution in [0.1, 0.15) is 22.3 Å². The van der Waals surface area contributed by atoms with Crippen molar-refractivity contribution in [2.45, 2.75) is 13.0 Å². The zero-order valence-corrected chi connectivity index (χ0v) is 17.9. The molecule has 3 rings (SSSR count). The number of hydrogen-bond acceptors (Lipinski definition) is 4. The predicted octanol–water partition coefficient (Wildman–Crippen LogP) is 3.09. The van der Waals surface area contributed by atoms with Crippen LogP contribution in [0.5, 0.6) is 5.75 Å². The first-order valence-electron chi connectivity index (χ1n) is 9.93. The highest BCUT2D eigenvalue weighted by molar-refractivity contribution is 6.33. The van der Waals surface area contributed by atoms with Crippen LogP contribution in [-0.2, 0) is 11.3 Å². The molecule has 0 spiro atoms. The summed E-state index contributed by atoms with van der Waals surface area (Å²) in [5, 5.41) is 2.66. The van der Waals surface area contributed by atoms with E-state index >= 15 is 0 Å². The average Bonchev–Trinajstić information content (AvgIpc) is 2.74. The number of halogens is 3. The van der Waals surface area contributed by atoms with Gasteiger partial charge in [-0.25, -0.2) is 8.78 Å². The Balaban J connectivity index is 1.41. The van der Waals surface area contributed by atoms with Crippen molar-refractivity contribution in [1.29, 1.82) is 0 Å². The van der Waals surface area contributed by atoms with Crippen LogP contribution in [0.2, 0.25) is 5.02 Å². The van der Waals surface area contributed by atoms with Gasteiger partial charge in [0, 0.05) is 45.7 Å². The number of amides is 2. The molecule has 1 aliphatic heterocycles. The summed E-state index contributed by atoms with van der Waals surface area (Å²) in [6.45, 7) is 3.24. The van der Waals surface area contributed by atoms with E-state index in [4.69, 9.17) is 16.3 Å². The molecule has 0 aliphatic carbocycles. The van der Waals surface area contributed by atoms with Gasteiger partial charge in [0.1, 0.15) is 5.82 Å². The number of carbonyl (C=O) groups excluding carboxylic acids is 2. The lowest BCUT2D eigenvalue weighted by Gasteiger charge is -2.34. The summed E-state index contributed by atoms with van der Waals surface area (Å²) in [4.78, 5) is 28.5. The third-order valence-corrected chi connectivity index (χ3v) is 5.46. The molecule has 0 atom stereocenters. The Morgan fingerprint density at radius 1 is 1.10 bits per heavy atom. The summed E-state index contributed by atoms with van der Waals surface area (Å²) < 4.78 is 31.9. The lowest BCUT2D eigenvalue weighted by molar-refractivity contribution is -0.132. The summed E-state index contributed by atoms with van der Waals surface area (Å²) in [5.74, 6) is -1.20. The van der Waals surface area contributed by atoms with E-state index in [9.17, 15) is 18.4 Å². The average molecular weight is 452 g/mol. The van der Waals surface area contributed by atoms with Crippen LogP contribution in [0.3, 0.4) is 0 Å². The SMILES string of the molecule is COc1ccc(CN2CCN(C(=O)CCNC(=O)c3ccc(F)cc3Cl)CC2)cc1F. The molecular formula is C22H24ClF2N3O3. The molecule has 1 heterocycles. The van der Waals surface area contributed by atoms with Gasteiger partial charge in [0.05, 0.1) is 17.7 Å². The zero-order valence-electron chi connectivity index (χ0n) is 17.2. The maximum Gasteiger partial charge on any atom is 0.252 e. The Kier molecular flexibility index (Phi) is 7.81. The minimum atomic E-state index is -0.520. The Morgan fingerprint density at radius 2 is 1.84 bits per heavy atom. The second kappa shape index (κ2) is 10.5. The molecule has 0 radical (unpaired) electrons. The van der Waals surface area contributed by atoms with Gasteiger partial charge in [-0.1, -0.05) is 17.7 Å². The van der Waals surface area contributed by atoms with Gasteiger partial charge in [-0.15, -0.1) is 0 Å². The summed E-state index contributed by atoms with van der Waals surface area (Å²) in [5.41, 5.74) is 1.01. The van der Waals surface area contributed by atoms with E-state index in [0.29, 0.717) is 32.7 Å². The fourth-order valence-corrected chi connectivity index (χ4v) is 3.68. The number of hydrogen-bond donors (Lipinski definition) is 1. The van der Waals surface area contributed by atoms with Crippen LogP contribution in [0.4, 0.5) is 8.78 Å². The van der Waals surface area contributed by atoms with E-state index in [0.717, 1.165) is 17.7 Å². The van der Waals surface area contributed by atoms with Gasteiger partial charge in [0.15, 0.2) is 11.6 Å². The standard InChI is InChI=1S/C22H24ClF2N3O3/c1-31-20-5-2-15(12-19(20)25)14-27-8-10-28(11-9-27)21(29)6-7-26-22(30)17-4-3-16(24)13-18(17)23/h2-5,12-13H,6-11,14H2,1H3,(H,26,30). The molecule has 9 heteroatoms. The van der Waals surface area contributed by atoms with Gasteiger partial charge in [-0.05, 0) is 35.9 Å². The molecular weight excluding hydrogens is 428 g/mol. The summed E-state index contributed by atoms with van der Waals surface area (Å²) in [6.07, 6.45) is 0.161. The Bertz CT molecular complexity index is 950. The lowest BCUT2D eigenvalue weighted by atomic mass is 10.1. The summed E-state index contributed by atoms with van der Waals surface area (Å²) in [6, 6.07) is 8.44. The van der Waals surface area contributed by atoms with Crippen LogP contribution in [-0.4, -0.2) is 61.4 Å².